The minimum absolute atomic E-state index is 0.296. The van der Waals surface area contributed by atoms with Crippen LogP contribution in [0, 0.1) is 5.89 Å². The molecule has 0 spiro atoms. The first kappa shape index (κ1) is 11.0. The molecule has 1 saturated heterocycles. The molecule has 2 aliphatic rings. The van der Waals surface area contributed by atoms with E-state index in [0.29, 0.717) is 6.61 Å². The lowest BCUT2D eigenvalue weighted by Crippen LogP contribution is -2.39. The molecule has 21 heavy (non-hydrogen) atoms. The molecular formula is C20H22O. The highest BCUT2D eigenvalue weighted by Crippen LogP contribution is 2.51. The third-order valence-corrected chi connectivity index (χ3v) is 4.94. The van der Waals surface area contributed by atoms with Crippen LogP contribution in [0.25, 0.3) is 0 Å². The van der Waals surface area contributed by atoms with Crippen molar-refractivity contribution in [3.8, 4) is 0 Å². The van der Waals surface area contributed by atoms with E-state index < -0.39 is 11.3 Å². The van der Waals surface area contributed by atoms with Gasteiger partial charge < -0.3 is 4.74 Å². The summed E-state index contributed by atoms with van der Waals surface area (Å²) in [6, 6.07) is 20.6. The van der Waals surface area contributed by atoms with Crippen LogP contribution in [0.1, 0.15) is 39.5 Å². The predicted molar refractivity (Wildman–Crippen MR) is 85.4 cm³/mol. The Morgan fingerprint density at radius 3 is 2.19 bits per heavy atom. The second-order valence-electron chi connectivity index (χ2n) is 6.02. The quantitative estimate of drug-likeness (QED) is 0.783. The molecule has 108 valence electrons. The van der Waals surface area contributed by atoms with Gasteiger partial charge >= 0.3 is 0 Å². The van der Waals surface area contributed by atoms with Gasteiger partial charge in [0.1, 0.15) is 0 Å². The number of hydrogen-bond acceptors (Lipinski definition) is 1. The Labute approximate surface area is 129 Å². The van der Waals surface area contributed by atoms with Crippen molar-refractivity contribution >= 4 is 0 Å². The summed E-state index contributed by atoms with van der Waals surface area (Å²) in [5.74, 6) is -0.777. The van der Waals surface area contributed by atoms with Crippen LogP contribution in [0.4, 0.5) is 0 Å². The summed E-state index contributed by atoms with van der Waals surface area (Å²) in [6.07, 6.45) is 1.95. The smallest absolute Gasteiger partial charge is 0.0616 e. The van der Waals surface area contributed by atoms with Crippen molar-refractivity contribution in [2.24, 2.45) is 5.89 Å². The summed E-state index contributed by atoms with van der Waals surface area (Å²) in [4.78, 5) is 0. The molecule has 1 heterocycles. The molecule has 1 nitrogen and oxygen atoms in total. The van der Waals surface area contributed by atoms with E-state index in [1.54, 1.807) is 0 Å². The van der Waals surface area contributed by atoms with Crippen molar-refractivity contribution in [1.29, 1.82) is 0 Å². The van der Waals surface area contributed by atoms with Crippen molar-refractivity contribution in [3.63, 3.8) is 0 Å². The molecule has 0 aromatic heterocycles. The molecular weight excluding hydrogens is 256 g/mol. The minimum Gasteiger partial charge on any atom is -0.377 e. The summed E-state index contributed by atoms with van der Waals surface area (Å²) in [6.45, 7) is 0.491. The second kappa shape index (κ2) is 5.31. The third kappa shape index (κ3) is 2.03. The molecule has 1 saturated carbocycles. The molecule has 0 amide bonds. The Balaban J connectivity index is 1.94. The molecule has 1 aliphatic heterocycles. The highest BCUT2D eigenvalue weighted by atomic mass is 16.5. The molecule has 2 aromatic carbocycles. The first-order chi connectivity index (χ1) is 11.2. The first-order valence-corrected chi connectivity index (χ1v) is 7.83. The summed E-state index contributed by atoms with van der Waals surface area (Å²) >= 11 is 0. The largest absolute Gasteiger partial charge is 0.377 e. The van der Waals surface area contributed by atoms with Crippen LogP contribution in [0.5, 0.6) is 0 Å². The van der Waals surface area contributed by atoms with Crippen molar-refractivity contribution in [2.45, 2.75) is 37.2 Å². The van der Waals surface area contributed by atoms with Gasteiger partial charge in [0.2, 0.25) is 0 Å². The maximum Gasteiger partial charge on any atom is 0.0616 e. The Morgan fingerprint density at radius 1 is 0.952 bits per heavy atom. The highest BCUT2D eigenvalue weighted by molar-refractivity contribution is 5.42. The topological polar surface area (TPSA) is 9.23 Å². The normalized spacial score (nSPS) is 35.6. The zero-order valence-corrected chi connectivity index (χ0v) is 12.2. The van der Waals surface area contributed by atoms with Gasteiger partial charge in [-0.3, -0.25) is 0 Å². The average molecular weight is 280 g/mol. The van der Waals surface area contributed by atoms with Crippen LogP contribution < -0.4 is 0 Å². The van der Waals surface area contributed by atoms with E-state index in [0.717, 1.165) is 30.4 Å². The zero-order valence-electron chi connectivity index (χ0n) is 14.2. The number of benzene rings is 2. The van der Waals surface area contributed by atoms with Crippen molar-refractivity contribution in [1.82, 2.24) is 0 Å². The fourth-order valence-corrected chi connectivity index (χ4v) is 3.93. The SMILES string of the molecule is [2H][C@@H]1CCC[C@@]2([2H])[C@@H]1OCC2(c1ccccc1)c1ccccc1. The molecule has 0 N–H and O–H groups in total. The molecule has 4 rings (SSSR count). The third-order valence-electron chi connectivity index (χ3n) is 4.94. The Bertz CT molecular complexity index is 633. The number of fused-ring (bicyclic) bond motifs is 1. The Hall–Kier alpha value is -1.60. The van der Waals surface area contributed by atoms with E-state index >= 15 is 0 Å². The number of ether oxygens (including phenoxy) is 1. The summed E-state index contributed by atoms with van der Waals surface area (Å²) in [5, 5.41) is 0. The van der Waals surface area contributed by atoms with E-state index in [4.69, 9.17) is 6.11 Å². The Kier molecular flexibility index (Phi) is 2.79. The van der Waals surface area contributed by atoms with Crippen LogP contribution in [0.2, 0.25) is 0 Å². The monoisotopic (exact) mass is 280 g/mol. The van der Waals surface area contributed by atoms with Crippen LogP contribution in [-0.4, -0.2) is 12.7 Å². The van der Waals surface area contributed by atoms with Gasteiger partial charge in [-0.2, -0.15) is 0 Å². The highest BCUT2D eigenvalue weighted by Gasteiger charge is 2.51. The lowest BCUT2D eigenvalue weighted by Gasteiger charge is -2.38. The number of hydrogen-bond donors (Lipinski definition) is 0. The molecule has 1 aliphatic carbocycles. The van der Waals surface area contributed by atoms with Gasteiger partial charge in [-0.05, 0) is 23.9 Å². The fraction of sp³-hybridized carbons (Fsp3) is 0.400. The Morgan fingerprint density at radius 2 is 1.57 bits per heavy atom. The van der Waals surface area contributed by atoms with E-state index in [-0.39, 0.29) is 12.5 Å². The zero-order chi connectivity index (χ0) is 15.9. The lowest BCUT2D eigenvalue weighted by atomic mass is 9.63. The second-order valence-corrected chi connectivity index (χ2v) is 6.02. The van der Waals surface area contributed by atoms with Gasteiger partial charge in [0.25, 0.3) is 0 Å². The van der Waals surface area contributed by atoms with E-state index in [1.165, 1.54) is 0 Å². The van der Waals surface area contributed by atoms with Crippen molar-refractivity contribution in [2.75, 3.05) is 6.61 Å². The van der Waals surface area contributed by atoms with Crippen LogP contribution in [0.3, 0.4) is 0 Å². The molecule has 3 atom stereocenters. The summed E-state index contributed by atoms with van der Waals surface area (Å²) in [7, 11) is 0. The van der Waals surface area contributed by atoms with Crippen molar-refractivity contribution in [3.05, 3.63) is 71.8 Å². The van der Waals surface area contributed by atoms with E-state index in [2.05, 4.69) is 24.3 Å². The number of rotatable bonds is 2. The molecule has 0 radical (unpaired) electrons. The predicted octanol–water partition coefficient (Wildman–Crippen LogP) is 4.56. The maximum absolute atomic E-state index is 9.40. The van der Waals surface area contributed by atoms with Gasteiger partial charge in [0, 0.05) is 14.1 Å². The van der Waals surface area contributed by atoms with Gasteiger partial charge in [-0.1, -0.05) is 73.5 Å². The van der Waals surface area contributed by atoms with Crippen LogP contribution in [0.15, 0.2) is 60.7 Å². The lowest BCUT2D eigenvalue weighted by molar-refractivity contribution is 0.0663. The van der Waals surface area contributed by atoms with E-state index in [1.807, 2.05) is 36.4 Å². The van der Waals surface area contributed by atoms with Crippen LogP contribution >= 0.6 is 0 Å². The van der Waals surface area contributed by atoms with Crippen LogP contribution in [-0.2, 0) is 10.2 Å². The molecule has 1 heteroatoms. The van der Waals surface area contributed by atoms with E-state index in [9.17, 15) is 1.37 Å². The fourth-order valence-electron chi connectivity index (χ4n) is 3.93. The average Bonchev–Trinajstić information content (AvgIpc) is 2.92. The molecule has 0 unspecified atom stereocenters. The van der Waals surface area contributed by atoms with Gasteiger partial charge in [0.05, 0.1) is 12.7 Å². The minimum atomic E-state index is -0.777. The summed E-state index contributed by atoms with van der Waals surface area (Å²) < 4.78 is 23.9. The first-order valence-electron chi connectivity index (χ1n) is 8.91. The van der Waals surface area contributed by atoms with Crippen molar-refractivity contribution < 1.29 is 7.48 Å². The standard InChI is InChI=1S/C20H22O/c1-3-9-16(10-4-1)20(17-11-5-2-6-12-17)15-21-19-14-8-7-13-18(19)20/h1-6,9-12,18-19H,7-8,13-15H2/t18-,19+/m0/s1/i14D,18D/t14-,18+,19-/m1. The molecule has 2 fully saturated rings. The van der Waals surface area contributed by atoms with Gasteiger partial charge in [0.15, 0.2) is 0 Å². The molecule has 0 bridgehead atoms. The summed E-state index contributed by atoms with van der Waals surface area (Å²) in [5.41, 5.74) is 1.79. The molecule has 2 aromatic rings. The maximum atomic E-state index is 9.40. The van der Waals surface area contributed by atoms with Gasteiger partial charge in [-0.15, -0.1) is 0 Å². The van der Waals surface area contributed by atoms with Gasteiger partial charge in [-0.25, -0.2) is 0 Å².